The van der Waals surface area contributed by atoms with Crippen molar-refractivity contribution in [3.05, 3.63) is 76.2 Å². The normalized spacial score (nSPS) is 16.9. The molecule has 1 saturated heterocycles. The molecule has 3 aromatic heterocycles. The van der Waals surface area contributed by atoms with E-state index in [0.717, 1.165) is 44.5 Å². The second kappa shape index (κ2) is 10.6. The van der Waals surface area contributed by atoms with E-state index in [1.807, 2.05) is 6.07 Å². The van der Waals surface area contributed by atoms with E-state index in [1.54, 1.807) is 29.1 Å². The number of rotatable bonds is 6. The molecule has 208 valence electrons. The van der Waals surface area contributed by atoms with Crippen LogP contribution in [0.3, 0.4) is 0 Å². The standard InChI is InChI=1S/C29H34N8O2S/c1-4-12-36-28(38)24-18-30-29(31-22-16-20(2)23-11-13-35(3)19-21(23)17-22)33-27(24)37(36)26-10-8-9-25(32-26)34-40(39)14-6-5-7-15-40/h4,8-10,16-18H,1,5-7,11-15,19H2,2-3H3,(H,30,31,33). The summed E-state index contributed by atoms with van der Waals surface area (Å²) in [5, 5.41) is 3.72. The molecule has 40 heavy (non-hydrogen) atoms. The summed E-state index contributed by atoms with van der Waals surface area (Å²) >= 11 is 0. The van der Waals surface area contributed by atoms with Gasteiger partial charge in [0.2, 0.25) is 5.95 Å². The first-order chi connectivity index (χ1) is 19.3. The van der Waals surface area contributed by atoms with Crippen molar-refractivity contribution in [2.75, 3.05) is 30.4 Å². The maximum Gasteiger partial charge on any atom is 0.278 e. The van der Waals surface area contributed by atoms with Gasteiger partial charge in [0.1, 0.15) is 5.39 Å². The molecule has 1 N–H and O–H groups in total. The Morgan fingerprint density at radius 2 is 2.00 bits per heavy atom. The molecule has 2 aliphatic rings. The van der Waals surface area contributed by atoms with Crippen molar-refractivity contribution in [2.24, 2.45) is 4.36 Å². The number of hydrogen-bond donors (Lipinski definition) is 1. The maximum absolute atomic E-state index is 13.4. The van der Waals surface area contributed by atoms with Gasteiger partial charge in [-0.1, -0.05) is 18.6 Å². The lowest BCUT2D eigenvalue weighted by Gasteiger charge is -2.27. The van der Waals surface area contributed by atoms with Crippen LogP contribution < -0.4 is 10.9 Å². The molecule has 0 saturated carbocycles. The number of nitrogens with zero attached hydrogens (tertiary/aromatic N) is 7. The lowest BCUT2D eigenvalue weighted by molar-refractivity contribution is 0.312. The van der Waals surface area contributed by atoms with Gasteiger partial charge in [-0.05, 0) is 74.2 Å². The third-order valence-electron chi connectivity index (χ3n) is 7.61. The summed E-state index contributed by atoms with van der Waals surface area (Å²) in [5.41, 5.74) is 5.03. The highest BCUT2D eigenvalue weighted by Crippen LogP contribution is 2.28. The Hall–Kier alpha value is -3.83. The Morgan fingerprint density at radius 3 is 2.80 bits per heavy atom. The summed E-state index contributed by atoms with van der Waals surface area (Å²) in [6.07, 6.45) is 7.16. The van der Waals surface area contributed by atoms with Crippen molar-refractivity contribution in [2.45, 2.75) is 45.7 Å². The first-order valence-electron chi connectivity index (χ1n) is 13.7. The van der Waals surface area contributed by atoms with Crippen LogP contribution in [-0.4, -0.2) is 58.5 Å². The topological polar surface area (TPSA) is 110 Å². The van der Waals surface area contributed by atoms with Crippen LogP contribution in [0.15, 0.2) is 58.3 Å². The lowest BCUT2D eigenvalue weighted by atomic mass is 9.94. The van der Waals surface area contributed by atoms with Crippen LogP contribution in [0.1, 0.15) is 36.0 Å². The monoisotopic (exact) mass is 558 g/mol. The summed E-state index contributed by atoms with van der Waals surface area (Å²) in [6, 6.07) is 9.63. The predicted molar refractivity (Wildman–Crippen MR) is 159 cm³/mol. The highest BCUT2D eigenvalue weighted by Gasteiger charge is 2.20. The summed E-state index contributed by atoms with van der Waals surface area (Å²) in [5.74, 6) is 2.42. The second-order valence-electron chi connectivity index (χ2n) is 10.6. The fourth-order valence-corrected chi connectivity index (χ4v) is 7.79. The Balaban J connectivity index is 1.43. The highest BCUT2D eigenvalue weighted by molar-refractivity contribution is 7.93. The van der Waals surface area contributed by atoms with Crippen molar-refractivity contribution < 1.29 is 4.21 Å². The van der Waals surface area contributed by atoms with E-state index in [4.69, 9.17) is 9.97 Å². The minimum Gasteiger partial charge on any atom is -0.324 e. The van der Waals surface area contributed by atoms with Gasteiger partial charge in [0.05, 0.1) is 16.3 Å². The van der Waals surface area contributed by atoms with Gasteiger partial charge in [0.15, 0.2) is 17.3 Å². The molecule has 11 heteroatoms. The molecule has 0 atom stereocenters. The van der Waals surface area contributed by atoms with Gasteiger partial charge in [-0.25, -0.2) is 23.5 Å². The molecule has 5 heterocycles. The van der Waals surface area contributed by atoms with Gasteiger partial charge in [-0.3, -0.25) is 4.79 Å². The predicted octanol–water partition coefficient (Wildman–Crippen LogP) is 4.49. The van der Waals surface area contributed by atoms with Gasteiger partial charge in [-0.2, -0.15) is 9.35 Å². The van der Waals surface area contributed by atoms with Crippen LogP contribution in [-0.2, 0) is 29.2 Å². The van der Waals surface area contributed by atoms with Gasteiger partial charge >= 0.3 is 0 Å². The van der Waals surface area contributed by atoms with Crippen molar-refractivity contribution >= 4 is 38.2 Å². The highest BCUT2D eigenvalue weighted by atomic mass is 32.2. The quantitative estimate of drug-likeness (QED) is 0.347. The molecule has 0 aliphatic carbocycles. The number of allylic oxidation sites excluding steroid dienone is 1. The third-order valence-corrected chi connectivity index (χ3v) is 9.98. The van der Waals surface area contributed by atoms with Crippen LogP contribution in [0, 0.1) is 6.92 Å². The lowest BCUT2D eigenvalue weighted by Crippen LogP contribution is -2.27. The number of fused-ring (bicyclic) bond motifs is 2. The average Bonchev–Trinajstić information content (AvgIpc) is 3.19. The molecule has 6 rings (SSSR count). The Bertz CT molecular complexity index is 1790. The largest absolute Gasteiger partial charge is 0.324 e. The fourth-order valence-electron chi connectivity index (χ4n) is 5.65. The minimum absolute atomic E-state index is 0.239. The number of aryl methyl sites for hydroxylation is 1. The molecule has 0 spiro atoms. The summed E-state index contributed by atoms with van der Waals surface area (Å²) in [7, 11) is -0.194. The van der Waals surface area contributed by atoms with E-state index in [1.165, 1.54) is 21.4 Å². The Morgan fingerprint density at radius 1 is 1.18 bits per heavy atom. The Kier molecular flexibility index (Phi) is 7.01. The van der Waals surface area contributed by atoms with E-state index in [-0.39, 0.29) is 12.1 Å². The maximum atomic E-state index is 13.4. The summed E-state index contributed by atoms with van der Waals surface area (Å²) in [6.45, 7) is 8.17. The smallest absolute Gasteiger partial charge is 0.278 e. The number of anilines is 2. The van der Waals surface area contributed by atoms with Crippen molar-refractivity contribution in [1.29, 1.82) is 0 Å². The second-order valence-corrected chi connectivity index (χ2v) is 13.2. The number of aromatic nitrogens is 5. The minimum atomic E-state index is -2.33. The van der Waals surface area contributed by atoms with Crippen LogP contribution in [0.25, 0.3) is 16.9 Å². The molecule has 0 amide bonds. The van der Waals surface area contributed by atoms with Crippen molar-refractivity contribution in [3.8, 4) is 5.82 Å². The van der Waals surface area contributed by atoms with Gasteiger partial charge in [0.25, 0.3) is 5.56 Å². The van der Waals surface area contributed by atoms with Gasteiger partial charge < -0.3 is 10.2 Å². The SMILES string of the molecule is C=CCn1c(=O)c2cnc(Nc3cc(C)c4c(c3)CN(C)CC4)nc2n1-c1cccc(N=S2(=O)CCCCC2)n1. The molecule has 1 fully saturated rings. The molecule has 2 aliphatic heterocycles. The van der Waals surface area contributed by atoms with E-state index >= 15 is 0 Å². The average molecular weight is 559 g/mol. The summed E-state index contributed by atoms with van der Waals surface area (Å²) < 4.78 is 21.0. The molecule has 0 bridgehead atoms. The zero-order chi connectivity index (χ0) is 27.9. The van der Waals surface area contributed by atoms with E-state index < -0.39 is 9.73 Å². The van der Waals surface area contributed by atoms with E-state index in [9.17, 15) is 9.00 Å². The fraction of sp³-hybridized carbons (Fsp3) is 0.379. The van der Waals surface area contributed by atoms with E-state index in [2.05, 4.69) is 52.2 Å². The first kappa shape index (κ1) is 26.4. The number of hydrogen-bond acceptors (Lipinski definition) is 8. The first-order valence-corrected chi connectivity index (χ1v) is 15.6. The Labute approximate surface area is 233 Å². The number of nitrogens with one attached hydrogen (secondary N) is 1. The molecule has 10 nitrogen and oxygen atoms in total. The van der Waals surface area contributed by atoms with Crippen LogP contribution in [0.4, 0.5) is 17.5 Å². The zero-order valence-electron chi connectivity index (χ0n) is 23.0. The molecular weight excluding hydrogens is 524 g/mol. The summed E-state index contributed by atoms with van der Waals surface area (Å²) in [4.78, 5) is 29.6. The molecular formula is C29H34N8O2S. The molecule has 0 radical (unpaired) electrons. The molecule has 1 aromatic carbocycles. The number of pyridine rings is 1. The molecule has 4 aromatic rings. The van der Waals surface area contributed by atoms with Gasteiger partial charge in [0, 0.05) is 36.5 Å². The third kappa shape index (κ3) is 5.06. The van der Waals surface area contributed by atoms with Crippen LogP contribution in [0.5, 0.6) is 0 Å². The zero-order valence-corrected chi connectivity index (χ0v) is 23.8. The van der Waals surface area contributed by atoms with Crippen molar-refractivity contribution in [1.82, 2.24) is 29.2 Å². The molecule has 0 unspecified atom stereocenters. The van der Waals surface area contributed by atoms with Crippen molar-refractivity contribution in [3.63, 3.8) is 0 Å². The van der Waals surface area contributed by atoms with Crippen LogP contribution >= 0.6 is 0 Å². The van der Waals surface area contributed by atoms with Crippen LogP contribution in [0.2, 0.25) is 0 Å². The van der Waals surface area contributed by atoms with Gasteiger partial charge in [-0.15, -0.1) is 6.58 Å². The van der Waals surface area contributed by atoms with E-state index in [0.29, 0.717) is 40.1 Å². The number of likely N-dealkylation sites (N-methyl/N-ethyl adjacent to an activating group) is 1. The number of benzene rings is 1.